The van der Waals surface area contributed by atoms with E-state index in [1.54, 1.807) is 12.1 Å². The van der Waals surface area contributed by atoms with Crippen molar-refractivity contribution in [1.29, 1.82) is 0 Å². The summed E-state index contributed by atoms with van der Waals surface area (Å²) < 4.78 is 0. The molecule has 94 valence electrons. The minimum absolute atomic E-state index is 0.202. The van der Waals surface area contributed by atoms with E-state index in [2.05, 4.69) is 20.8 Å². The third-order valence-corrected chi connectivity index (χ3v) is 3.28. The topological polar surface area (TPSA) is 17.1 Å². The van der Waals surface area contributed by atoms with Crippen LogP contribution >= 0.6 is 23.2 Å². The van der Waals surface area contributed by atoms with Gasteiger partial charge in [-0.3, -0.25) is 4.79 Å². The second kappa shape index (κ2) is 5.88. The summed E-state index contributed by atoms with van der Waals surface area (Å²) in [6.45, 7) is 6.41. The Morgan fingerprint density at radius 2 is 1.82 bits per heavy atom. The Kier molecular flexibility index (Phi) is 5.03. The highest BCUT2D eigenvalue weighted by molar-refractivity contribution is 6.42. The zero-order valence-electron chi connectivity index (χ0n) is 10.5. The fourth-order valence-corrected chi connectivity index (χ4v) is 1.80. The van der Waals surface area contributed by atoms with Crippen molar-refractivity contribution in [2.24, 2.45) is 5.41 Å². The third kappa shape index (κ3) is 5.56. The molecule has 0 unspecified atom stereocenters. The zero-order valence-corrected chi connectivity index (χ0v) is 12.0. The van der Waals surface area contributed by atoms with Gasteiger partial charge in [0.2, 0.25) is 0 Å². The summed E-state index contributed by atoms with van der Waals surface area (Å²) in [6, 6.07) is 5.35. The number of hydrogen-bond acceptors (Lipinski definition) is 1. The maximum absolute atomic E-state index is 11.8. The fraction of sp³-hybridized carbons (Fsp3) is 0.500. The molecular weight excluding hydrogens is 255 g/mol. The predicted octanol–water partition coefficient (Wildman–Crippen LogP) is 4.93. The van der Waals surface area contributed by atoms with E-state index in [0.29, 0.717) is 22.9 Å². The molecule has 0 fully saturated rings. The van der Waals surface area contributed by atoms with E-state index in [9.17, 15) is 4.79 Å². The van der Waals surface area contributed by atoms with Gasteiger partial charge in [0.25, 0.3) is 0 Å². The van der Waals surface area contributed by atoms with Crippen LogP contribution in [-0.2, 0) is 11.2 Å². The van der Waals surface area contributed by atoms with Crippen molar-refractivity contribution in [2.45, 2.75) is 40.0 Å². The molecule has 0 aliphatic rings. The molecule has 0 aromatic heterocycles. The van der Waals surface area contributed by atoms with Crippen LogP contribution in [0.3, 0.4) is 0 Å². The van der Waals surface area contributed by atoms with Crippen LogP contribution in [0, 0.1) is 5.41 Å². The van der Waals surface area contributed by atoms with Crippen LogP contribution in [0.25, 0.3) is 0 Å². The Balaban J connectivity index is 2.54. The van der Waals surface area contributed by atoms with Crippen molar-refractivity contribution in [3.8, 4) is 0 Å². The molecule has 0 N–H and O–H groups in total. The summed E-state index contributed by atoms with van der Waals surface area (Å²) >= 11 is 11.7. The monoisotopic (exact) mass is 272 g/mol. The number of halogens is 2. The van der Waals surface area contributed by atoms with Crippen LogP contribution < -0.4 is 0 Å². The molecule has 17 heavy (non-hydrogen) atoms. The van der Waals surface area contributed by atoms with Crippen LogP contribution in [0.1, 0.15) is 39.2 Å². The number of benzene rings is 1. The van der Waals surface area contributed by atoms with E-state index in [1.807, 2.05) is 6.07 Å². The molecule has 3 heteroatoms. The number of hydrogen-bond donors (Lipinski definition) is 0. The van der Waals surface area contributed by atoms with Crippen molar-refractivity contribution in [3.05, 3.63) is 33.8 Å². The van der Waals surface area contributed by atoms with E-state index >= 15 is 0 Å². The van der Waals surface area contributed by atoms with Crippen molar-refractivity contribution in [1.82, 2.24) is 0 Å². The highest BCUT2D eigenvalue weighted by atomic mass is 35.5. The van der Waals surface area contributed by atoms with Gasteiger partial charge in [-0.1, -0.05) is 50.0 Å². The number of carbonyl (C=O) groups is 1. The van der Waals surface area contributed by atoms with Crippen LogP contribution in [0.5, 0.6) is 0 Å². The SMILES string of the molecule is CC(C)(C)CCC(=O)Cc1ccc(Cl)c(Cl)c1. The molecule has 0 amide bonds. The van der Waals surface area contributed by atoms with Gasteiger partial charge in [-0.2, -0.15) is 0 Å². The summed E-state index contributed by atoms with van der Waals surface area (Å²) in [6.07, 6.45) is 1.96. The van der Waals surface area contributed by atoms with Crippen molar-refractivity contribution in [2.75, 3.05) is 0 Å². The molecule has 0 aliphatic heterocycles. The summed E-state index contributed by atoms with van der Waals surface area (Å²) in [5.41, 5.74) is 1.13. The lowest BCUT2D eigenvalue weighted by Gasteiger charge is -2.17. The first-order chi connectivity index (χ1) is 7.78. The molecule has 0 bridgehead atoms. The first-order valence-corrected chi connectivity index (χ1v) is 6.49. The van der Waals surface area contributed by atoms with Crippen LogP contribution in [0.2, 0.25) is 10.0 Å². The second-order valence-corrected chi connectivity index (χ2v) is 6.34. The molecule has 1 aromatic rings. The summed E-state index contributed by atoms with van der Waals surface area (Å²) in [7, 11) is 0. The lowest BCUT2D eigenvalue weighted by Crippen LogP contribution is -2.10. The Morgan fingerprint density at radius 3 is 2.35 bits per heavy atom. The molecule has 0 radical (unpaired) electrons. The summed E-state index contributed by atoms with van der Waals surface area (Å²) in [5.74, 6) is 0.248. The molecule has 1 nitrogen and oxygen atoms in total. The van der Waals surface area contributed by atoms with E-state index in [4.69, 9.17) is 23.2 Å². The lowest BCUT2D eigenvalue weighted by atomic mass is 9.89. The van der Waals surface area contributed by atoms with E-state index in [0.717, 1.165) is 12.0 Å². The highest BCUT2D eigenvalue weighted by Crippen LogP contribution is 2.24. The molecule has 1 aromatic carbocycles. The van der Waals surface area contributed by atoms with E-state index < -0.39 is 0 Å². The Morgan fingerprint density at radius 1 is 1.18 bits per heavy atom. The fourth-order valence-electron chi connectivity index (χ4n) is 1.48. The molecule has 0 atom stereocenters. The van der Waals surface area contributed by atoms with E-state index in [1.165, 1.54) is 0 Å². The largest absolute Gasteiger partial charge is 0.299 e. The Bertz CT molecular complexity index is 405. The Hall–Kier alpha value is -0.530. The summed E-state index contributed by atoms with van der Waals surface area (Å²) in [4.78, 5) is 11.8. The molecule has 0 spiro atoms. The van der Waals surface area contributed by atoms with Gasteiger partial charge in [-0.15, -0.1) is 0 Å². The average molecular weight is 273 g/mol. The third-order valence-electron chi connectivity index (χ3n) is 2.54. The smallest absolute Gasteiger partial charge is 0.137 e. The number of Topliss-reactive ketones (excluding diaryl/α,β-unsaturated/α-hetero) is 1. The van der Waals surface area contributed by atoms with Crippen LogP contribution in [0.4, 0.5) is 0 Å². The van der Waals surface area contributed by atoms with Gasteiger partial charge in [-0.05, 0) is 29.5 Å². The van der Waals surface area contributed by atoms with Gasteiger partial charge >= 0.3 is 0 Å². The average Bonchev–Trinajstić information content (AvgIpc) is 2.20. The molecule has 0 saturated carbocycles. The predicted molar refractivity (Wildman–Crippen MR) is 73.9 cm³/mol. The minimum Gasteiger partial charge on any atom is -0.299 e. The van der Waals surface area contributed by atoms with Crippen LogP contribution in [0.15, 0.2) is 18.2 Å². The molecule has 0 aliphatic carbocycles. The zero-order chi connectivity index (χ0) is 13.1. The lowest BCUT2D eigenvalue weighted by molar-refractivity contribution is -0.118. The first kappa shape index (κ1) is 14.5. The minimum atomic E-state index is 0.202. The highest BCUT2D eigenvalue weighted by Gasteiger charge is 2.13. The number of ketones is 1. The van der Waals surface area contributed by atoms with Crippen molar-refractivity contribution < 1.29 is 4.79 Å². The maximum atomic E-state index is 11.8. The molecule has 0 heterocycles. The normalized spacial score (nSPS) is 11.6. The number of carbonyl (C=O) groups excluding carboxylic acids is 1. The van der Waals surface area contributed by atoms with Crippen molar-refractivity contribution >= 4 is 29.0 Å². The second-order valence-electron chi connectivity index (χ2n) is 5.52. The molecule has 0 saturated heterocycles. The quantitative estimate of drug-likeness (QED) is 0.760. The van der Waals surface area contributed by atoms with Gasteiger partial charge < -0.3 is 0 Å². The van der Waals surface area contributed by atoms with Gasteiger partial charge in [-0.25, -0.2) is 0 Å². The van der Waals surface area contributed by atoms with Crippen LogP contribution in [-0.4, -0.2) is 5.78 Å². The standard InChI is InChI=1S/C14H18Cl2O/c1-14(2,3)7-6-11(17)8-10-4-5-12(15)13(16)9-10/h4-5,9H,6-8H2,1-3H3. The van der Waals surface area contributed by atoms with E-state index in [-0.39, 0.29) is 11.2 Å². The van der Waals surface area contributed by atoms with Gasteiger partial charge in [0.05, 0.1) is 10.0 Å². The Labute approximate surface area is 113 Å². The number of rotatable bonds is 4. The molecular formula is C14H18Cl2O. The van der Waals surface area contributed by atoms with Gasteiger partial charge in [0, 0.05) is 12.8 Å². The molecule has 1 rings (SSSR count). The van der Waals surface area contributed by atoms with Gasteiger partial charge in [0.1, 0.15) is 5.78 Å². The van der Waals surface area contributed by atoms with Gasteiger partial charge in [0.15, 0.2) is 0 Å². The summed E-state index contributed by atoms with van der Waals surface area (Å²) in [5, 5.41) is 1.03. The van der Waals surface area contributed by atoms with Crippen molar-refractivity contribution in [3.63, 3.8) is 0 Å². The first-order valence-electron chi connectivity index (χ1n) is 5.73. The maximum Gasteiger partial charge on any atom is 0.137 e.